The van der Waals surface area contributed by atoms with Crippen LogP contribution in [-0.4, -0.2) is 24.2 Å². The fraction of sp³-hybridized carbons (Fsp3) is 0.316. The zero-order valence-electron chi connectivity index (χ0n) is 13.6. The molecule has 0 aliphatic carbocycles. The first-order chi connectivity index (χ1) is 12.0. The maximum absolute atomic E-state index is 10.8. The second-order valence-corrected chi connectivity index (χ2v) is 7.06. The lowest BCUT2D eigenvalue weighted by atomic mass is 10.1. The van der Waals surface area contributed by atoms with E-state index in [0.717, 1.165) is 36.5 Å². The van der Waals surface area contributed by atoms with Crippen LogP contribution in [0, 0.1) is 5.92 Å². The van der Waals surface area contributed by atoms with E-state index < -0.39 is 5.97 Å². The van der Waals surface area contributed by atoms with Gasteiger partial charge in [-0.1, -0.05) is 29.3 Å². The Labute approximate surface area is 156 Å². The number of halogens is 2. The zero-order chi connectivity index (χ0) is 17.8. The molecule has 0 saturated carbocycles. The number of nitrogens with zero attached hydrogens (tertiary/aromatic N) is 1. The summed E-state index contributed by atoms with van der Waals surface area (Å²) in [5, 5.41) is 10.1. The first-order valence-corrected chi connectivity index (χ1v) is 8.90. The van der Waals surface area contributed by atoms with Gasteiger partial charge in [0.15, 0.2) is 0 Å². The highest BCUT2D eigenvalue weighted by molar-refractivity contribution is 6.35. The van der Waals surface area contributed by atoms with Crippen molar-refractivity contribution in [2.75, 3.05) is 18.0 Å². The number of anilines is 1. The number of hydrogen-bond acceptors (Lipinski definition) is 3. The summed E-state index contributed by atoms with van der Waals surface area (Å²) >= 11 is 12.0. The summed E-state index contributed by atoms with van der Waals surface area (Å²) in [6, 6.07) is 13.2. The minimum Gasteiger partial charge on any atom is -0.489 e. The molecule has 1 heterocycles. The van der Waals surface area contributed by atoms with Gasteiger partial charge >= 0.3 is 5.97 Å². The number of rotatable bonds is 6. The van der Waals surface area contributed by atoms with Gasteiger partial charge in [-0.3, -0.25) is 4.79 Å². The van der Waals surface area contributed by atoms with Gasteiger partial charge in [0, 0.05) is 40.8 Å². The molecule has 0 bridgehead atoms. The van der Waals surface area contributed by atoms with Crippen LogP contribution < -0.4 is 9.64 Å². The smallest absolute Gasteiger partial charge is 0.303 e. The molecule has 1 saturated heterocycles. The number of benzene rings is 2. The molecule has 1 unspecified atom stereocenters. The number of aliphatic carboxylic acids is 1. The zero-order valence-corrected chi connectivity index (χ0v) is 15.1. The largest absolute Gasteiger partial charge is 0.489 e. The summed E-state index contributed by atoms with van der Waals surface area (Å²) in [7, 11) is 0. The Balaban J connectivity index is 1.56. The van der Waals surface area contributed by atoms with Gasteiger partial charge in [-0.2, -0.15) is 0 Å². The lowest BCUT2D eigenvalue weighted by molar-refractivity contribution is -0.137. The topological polar surface area (TPSA) is 49.8 Å². The fourth-order valence-corrected chi connectivity index (χ4v) is 3.50. The number of carboxylic acids is 1. The monoisotopic (exact) mass is 379 g/mol. The van der Waals surface area contributed by atoms with Gasteiger partial charge in [0.1, 0.15) is 12.4 Å². The predicted octanol–water partition coefficient (Wildman–Crippen LogP) is 4.87. The molecular weight excluding hydrogens is 361 g/mol. The Morgan fingerprint density at radius 3 is 2.64 bits per heavy atom. The van der Waals surface area contributed by atoms with E-state index in [-0.39, 0.29) is 12.3 Å². The molecule has 1 atom stereocenters. The van der Waals surface area contributed by atoms with Gasteiger partial charge in [0.2, 0.25) is 0 Å². The van der Waals surface area contributed by atoms with Crippen LogP contribution in [0.25, 0.3) is 0 Å². The molecule has 0 amide bonds. The molecule has 1 aliphatic heterocycles. The molecule has 6 heteroatoms. The molecule has 1 fully saturated rings. The number of hydrogen-bond donors (Lipinski definition) is 1. The fourth-order valence-electron chi connectivity index (χ4n) is 3.03. The summed E-state index contributed by atoms with van der Waals surface area (Å²) in [4.78, 5) is 13.0. The standard InChI is InChI=1S/C19H19Cl2NO3/c20-15-2-1-14(18(21)10-15)12-25-17-5-3-16(4-6-17)22-8-7-13(11-22)9-19(23)24/h1-6,10,13H,7-9,11-12H2,(H,23,24). The van der Waals surface area contributed by atoms with Gasteiger partial charge in [-0.05, 0) is 48.7 Å². The van der Waals surface area contributed by atoms with Crippen LogP contribution >= 0.6 is 23.2 Å². The SMILES string of the molecule is O=C(O)CC1CCN(c2ccc(OCc3ccc(Cl)cc3Cl)cc2)C1. The van der Waals surface area contributed by atoms with Crippen molar-refractivity contribution in [2.24, 2.45) is 5.92 Å². The first kappa shape index (κ1) is 17.9. The Kier molecular flexibility index (Phi) is 5.71. The van der Waals surface area contributed by atoms with E-state index in [1.165, 1.54) is 0 Å². The van der Waals surface area contributed by atoms with Crippen LogP contribution in [0.2, 0.25) is 10.0 Å². The van der Waals surface area contributed by atoms with Crippen molar-refractivity contribution in [3.8, 4) is 5.75 Å². The van der Waals surface area contributed by atoms with Crippen molar-refractivity contribution < 1.29 is 14.6 Å². The predicted molar refractivity (Wildman–Crippen MR) is 99.8 cm³/mol. The second-order valence-electron chi connectivity index (χ2n) is 6.22. The van der Waals surface area contributed by atoms with Gasteiger partial charge < -0.3 is 14.7 Å². The molecule has 3 rings (SSSR count). The minimum atomic E-state index is -0.726. The van der Waals surface area contributed by atoms with Crippen molar-refractivity contribution >= 4 is 34.9 Å². The summed E-state index contributed by atoms with van der Waals surface area (Å²) in [5.74, 6) is 0.257. The molecule has 0 aromatic heterocycles. The minimum absolute atomic E-state index is 0.223. The van der Waals surface area contributed by atoms with Crippen molar-refractivity contribution in [2.45, 2.75) is 19.4 Å². The van der Waals surface area contributed by atoms with Crippen molar-refractivity contribution in [1.29, 1.82) is 0 Å². The molecule has 0 radical (unpaired) electrons. The Bertz CT molecular complexity index is 749. The van der Waals surface area contributed by atoms with Crippen LogP contribution in [0.3, 0.4) is 0 Å². The van der Waals surface area contributed by atoms with E-state index in [0.29, 0.717) is 16.7 Å². The number of ether oxygens (including phenoxy) is 1. The molecule has 4 nitrogen and oxygen atoms in total. The molecule has 1 aliphatic rings. The summed E-state index contributed by atoms with van der Waals surface area (Å²) < 4.78 is 5.78. The van der Waals surface area contributed by atoms with Crippen molar-refractivity contribution in [1.82, 2.24) is 0 Å². The molecule has 0 spiro atoms. The third-order valence-electron chi connectivity index (χ3n) is 4.36. The van der Waals surface area contributed by atoms with Gasteiger partial charge in [0.25, 0.3) is 0 Å². The molecule has 2 aromatic rings. The maximum atomic E-state index is 10.8. The molecule has 25 heavy (non-hydrogen) atoms. The summed E-state index contributed by atoms with van der Waals surface area (Å²) in [6.45, 7) is 2.05. The first-order valence-electron chi connectivity index (χ1n) is 8.15. The third kappa shape index (κ3) is 4.80. The average molecular weight is 380 g/mol. The Hall–Kier alpha value is -1.91. The van der Waals surface area contributed by atoms with E-state index >= 15 is 0 Å². The Morgan fingerprint density at radius 2 is 1.96 bits per heavy atom. The molecule has 1 N–H and O–H groups in total. The van der Waals surface area contributed by atoms with Gasteiger partial charge in [-0.15, -0.1) is 0 Å². The molecule has 132 valence electrons. The quantitative estimate of drug-likeness (QED) is 0.777. The van der Waals surface area contributed by atoms with E-state index in [2.05, 4.69) is 4.90 Å². The molecule has 2 aromatic carbocycles. The van der Waals surface area contributed by atoms with Gasteiger partial charge in [-0.25, -0.2) is 0 Å². The van der Waals surface area contributed by atoms with Crippen LogP contribution in [0.1, 0.15) is 18.4 Å². The number of carbonyl (C=O) groups is 1. The van der Waals surface area contributed by atoms with E-state index in [1.54, 1.807) is 12.1 Å². The normalized spacial score (nSPS) is 16.9. The third-order valence-corrected chi connectivity index (χ3v) is 4.95. The van der Waals surface area contributed by atoms with Crippen LogP contribution in [-0.2, 0) is 11.4 Å². The highest BCUT2D eigenvalue weighted by Gasteiger charge is 2.24. The highest BCUT2D eigenvalue weighted by Crippen LogP contribution is 2.28. The number of carboxylic acid groups (broad SMARTS) is 1. The molecular formula is C19H19Cl2NO3. The van der Waals surface area contributed by atoms with E-state index in [1.807, 2.05) is 30.3 Å². The van der Waals surface area contributed by atoms with Crippen LogP contribution in [0.4, 0.5) is 5.69 Å². The maximum Gasteiger partial charge on any atom is 0.303 e. The van der Waals surface area contributed by atoms with E-state index in [4.69, 9.17) is 33.0 Å². The second kappa shape index (κ2) is 7.98. The van der Waals surface area contributed by atoms with Gasteiger partial charge in [0.05, 0.1) is 0 Å². The average Bonchev–Trinajstić information content (AvgIpc) is 3.02. The lowest BCUT2D eigenvalue weighted by Crippen LogP contribution is -2.20. The van der Waals surface area contributed by atoms with Crippen LogP contribution in [0.5, 0.6) is 5.75 Å². The Morgan fingerprint density at radius 1 is 1.20 bits per heavy atom. The van der Waals surface area contributed by atoms with E-state index in [9.17, 15) is 4.79 Å². The summed E-state index contributed by atoms with van der Waals surface area (Å²) in [5.41, 5.74) is 1.97. The van der Waals surface area contributed by atoms with Crippen molar-refractivity contribution in [3.05, 3.63) is 58.1 Å². The lowest BCUT2D eigenvalue weighted by Gasteiger charge is -2.19. The summed E-state index contributed by atoms with van der Waals surface area (Å²) in [6.07, 6.45) is 1.15. The highest BCUT2D eigenvalue weighted by atomic mass is 35.5. The van der Waals surface area contributed by atoms with Crippen molar-refractivity contribution in [3.63, 3.8) is 0 Å². The van der Waals surface area contributed by atoms with Crippen LogP contribution in [0.15, 0.2) is 42.5 Å².